The van der Waals surface area contributed by atoms with Crippen LogP contribution in [0.4, 0.5) is 10.6 Å². The fourth-order valence-electron chi connectivity index (χ4n) is 1.44. The molecule has 1 aromatic carbocycles. The Morgan fingerprint density at radius 3 is 3.06 bits per heavy atom. The van der Waals surface area contributed by atoms with Gasteiger partial charge in [0.2, 0.25) is 0 Å². The van der Waals surface area contributed by atoms with Crippen LogP contribution in [0.3, 0.4) is 0 Å². The molecule has 0 amide bonds. The number of carbonyl (C=O) groups excluding carboxylic acids is 1. The van der Waals surface area contributed by atoms with Gasteiger partial charge < -0.3 is 10.5 Å². The highest BCUT2D eigenvalue weighted by Crippen LogP contribution is 2.24. The first kappa shape index (κ1) is 10.8. The van der Waals surface area contributed by atoms with Crippen LogP contribution in [0.2, 0.25) is 5.02 Å². The highest BCUT2D eigenvalue weighted by Gasteiger charge is 2.14. The maximum absolute atomic E-state index is 11.6. The summed E-state index contributed by atoms with van der Waals surface area (Å²) in [5.41, 5.74) is 6.22. The van der Waals surface area contributed by atoms with Crippen LogP contribution >= 0.6 is 11.6 Å². The summed E-state index contributed by atoms with van der Waals surface area (Å²) in [5, 5.41) is 5.10. The van der Waals surface area contributed by atoms with Crippen LogP contribution in [-0.2, 0) is 4.74 Å². The van der Waals surface area contributed by atoms with Gasteiger partial charge in [0.25, 0.3) is 0 Å². The minimum atomic E-state index is -0.563. The zero-order valence-electron chi connectivity index (χ0n) is 8.61. The molecule has 1 aromatic heterocycles. The molecule has 0 atom stereocenters. The molecule has 1 heterocycles. The quantitative estimate of drug-likeness (QED) is 0.829. The van der Waals surface area contributed by atoms with Gasteiger partial charge >= 0.3 is 6.09 Å². The Kier molecular flexibility index (Phi) is 2.70. The van der Waals surface area contributed by atoms with Crippen molar-refractivity contribution in [2.45, 2.75) is 6.92 Å². The SMILES string of the molecule is CCOC(=O)n1nc(N)c2ccc(Cl)cc21. The predicted molar refractivity (Wildman–Crippen MR) is 61.6 cm³/mol. The smallest absolute Gasteiger partial charge is 0.435 e. The van der Waals surface area contributed by atoms with Crippen molar-refractivity contribution in [3.63, 3.8) is 0 Å². The van der Waals surface area contributed by atoms with Gasteiger partial charge in [-0.2, -0.15) is 4.68 Å². The lowest BCUT2D eigenvalue weighted by Crippen LogP contribution is -2.15. The third-order valence-electron chi connectivity index (χ3n) is 2.11. The number of benzene rings is 1. The topological polar surface area (TPSA) is 70.1 Å². The molecule has 0 unspecified atom stereocenters. The number of ether oxygens (including phenoxy) is 1. The van der Waals surface area contributed by atoms with E-state index in [9.17, 15) is 4.79 Å². The first-order valence-electron chi connectivity index (χ1n) is 4.74. The number of anilines is 1. The Bertz CT molecular complexity index is 550. The van der Waals surface area contributed by atoms with Gasteiger partial charge in [0.1, 0.15) is 0 Å². The van der Waals surface area contributed by atoms with Crippen molar-refractivity contribution in [2.75, 3.05) is 12.3 Å². The van der Waals surface area contributed by atoms with Gasteiger partial charge in [0.05, 0.1) is 12.1 Å². The van der Waals surface area contributed by atoms with E-state index >= 15 is 0 Å². The second-order valence-corrected chi connectivity index (χ2v) is 3.59. The Morgan fingerprint density at radius 2 is 2.38 bits per heavy atom. The number of nitrogens with two attached hydrogens (primary N) is 1. The van der Waals surface area contributed by atoms with Crippen LogP contribution in [0, 0.1) is 0 Å². The van der Waals surface area contributed by atoms with Gasteiger partial charge in [-0.25, -0.2) is 4.79 Å². The van der Waals surface area contributed by atoms with E-state index in [0.717, 1.165) is 4.68 Å². The number of nitrogen functional groups attached to an aromatic ring is 1. The summed E-state index contributed by atoms with van der Waals surface area (Å²) < 4.78 is 5.96. The van der Waals surface area contributed by atoms with Gasteiger partial charge in [-0.3, -0.25) is 0 Å². The summed E-state index contributed by atoms with van der Waals surface area (Å²) in [6, 6.07) is 5.03. The molecule has 0 saturated carbocycles. The van der Waals surface area contributed by atoms with E-state index in [1.807, 2.05) is 0 Å². The molecule has 0 bridgehead atoms. The lowest BCUT2D eigenvalue weighted by Gasteiger charge is -2.01. The molecule has 5 nitrogen and oxygen atoms in total. The number of hydrogen-bond acceptors (Lipinski definition) is 4. The number of halogens is 1. The first-order valence-corrected chi connectivity index (χ1v) is 5.12. The standard InChI is InChI=1S/C10H10ClN3O2/c1-2-16-10(15)14-8-5-6(11)3-4-7(8)9(12)13-14/h3-5H,2H2,1H3,(H2,12,13). The monoisotopic (exact) mass is 239 g/mol. The number of hydrogen-bond donors (Lipinski definition) is 1. The second-order valence-electron chi connectivity index (χ2n) is 3.16. The molecule has 6 heteroatoms. The summed E-state index contributed by atoms with van der Waals surface area (Å²) in [5.74, 6) is 0.278. The summed E-state index contributed by atoms with van der Waals surface area (Å²) in [7, 11) is 0. The zero-order valence-corrected chi connectivity index (χ0v) is 9.36. The molecular weight excluding hydrogens is 230 g/mol. The minimum Gasteiger partial charge on any atom is -0.448 e. The molecule has 2 aromatic rings. The molecule has 0 aliphatic heterocycles. The maximum Gasteiger partial charge on any atom is 0.435 e. The molecule has 2 rings (SSSR count). The van der Waals surface area contributed by atoms with Crippen molar-refractivity contribution in [1.82, 2.24) is 9.78 Å². The van der Waals surface area contributed by atoms with Crippen molar-refractivity contribution in [2.24, 2.45) is 0 Å². The van der Waals surface area contributed by atoms with Crippen molar-refractivity contribution in [1.29, 1.82) is 0 Å². The molecule has 0 aliphatic rings. The lowest BCUT2D eigenvalue weighted by atomic mass is 10.2. The molecular formula is C10H10ClN3O2. The van der Waals surface area contributed by atoms with E-state index in [2.05, 4.69) is 5.10 Å². The Labute approximate surface area is 96.7 Å². The number of fused-ring (bicyclic) bond motifs is 1. The fraction of sp³-hybridized carbons (Fsp3) is 0.200. The van der Waals surface area contributed by atoms with E-state index in [-0.39, 0.29) is 12.4 Å². The Balaban J connectivity index is 2.61. The Morgan fingerprint density at radius 1 is 1.62 bits per heavy atom. The number of nitrogens with zero attached hydrogens (tertiary/aromatic N) is 2. The van der Waals surface area contributed by atoms with Crippen molar-refractivity contribution < 1.29 is 9.53 Å². The van der Waals surface area contributed by atoms with Gasteiger partial charge in [-0.05, 0) is 25.1 Å². The van der Waals surface area contributed by atoms with Crippen molar-refractivity contribution in [3.05, 3.63) is 23.2 Å². The van der Waals surface area contributed by atoms with E-state index < -0.39 is 6.09 Å². The average Bonchev–Trinajstić information content (AvgIpc) is 2.56. The highest BCUT2D eigenvalue weighted by atomic mass is 35.5. The Hall–Kier alpha value is -1.75. The van der Waals surface area contributed by atoms with Gasteiger partial charge in [0.15, 0.2) is 5.82 Å². The molecule has 0 radical (unpaired) electrons. The molecule has 2 N–H and O–H groups in total. The van der Waals surface area contributed by atoms with E-state index in [1.54, 1.807) is 25.1 Å². The van der Waals surface area contributed by atoms with Crippen molar-refractivity contribution in [3.8, 4) is 0 Å². The van der Waals surface area contributed by atoms with Crippen LogP contribution in [0.15, 0.2) is 18.2 Å². The molecule has 0 saturated heterocycles. The predicted octanol–water partition coefficient (Wildman–Crippen LogP) is 2.28. The van der Waals surface area contributed by atoms with Crippen LogP contribution in [0.5, 0.6) is 0 Å². The number of aromatic nitrogens is 2. The van der Waals surface area contributed by atoms with Crippen LogP contribution in [0.25, 0.3) is 10.9 Å². The molecule has 0 spiro atoms. The number of carbonyl (C=O) groups is 1. The molecule has 0 fully saturated rings. The molecule has 84 valence electrons. The highest BCUT2D eigenvalue weighted by molar-refractivity contribution is 6.31. The van der Waals surface area contributed by atoms with Crippen LogP contribution in [0.1, 0.15) is 6.92 Å². The first-order chi connectivity index (χ1) is 7.63. The van der Waals surface area contributed by atoms with Gasteiger partial charge in [-0.1, -0.05) is 11.6 Å². The van der Waals surface area contributed by atoms with Crippen LogP contribution < -0.4 is 5.73 Å². The molecule has 16 heavy (non-hydrogen) atoms. The average molecular weight is 240 g/mol. The third kappa shape index (κ3) is 1.69. The normalized spacial score (nSPS) is 10.6. The van der Waals surface area contributed by atoms with E-state index in [1.165, 1.54) is 0 Å². The third-order valence-corrected chi connectivity index (χ3v) is 2.35. The van der Waals surface area contributed by atoms with Crippen LogP contribution in [-0.4, -0.2) is 22.5 Å². The summed E-state index contributed by atoms with van der Waals surface area (Å²) in [6.07, 6.45) is -0.563. The van der Waals surface area contributed by atoms with Gasteiger partial charge in [0, 0.05) is 10.4 Å². The van der Waals surface area contributed by atoms with E-state index in [4.69, 9.17) is 22.1 Å². The fourth-order valence-corrected chi connectivity index (χ4v) is 1.60. The summed E-state index contributed by atoms with van der Waals surface area (Å²) >= 11 is 5.85. The minimum absolute atomic E-state index is 0.278. The second kappa shape index (κ2) is 4.02. The maximum atomic E-state index is 11.6. The largest absolute Gasteiger partial charge is 0.448 e. The summed E-state index contributed by atoms with van der Waals surface area (Å²) in [4.78, 5) is 11.6. The van der Waals surface area contributed by atoms with Gasteiger partial charge in [-0.15, -0.1) is 5.10 Å². The lowest BCUT2D eigenvalue weighted by molar-refractivity contribution is 0.151. The zero-order chi connectivity index (χ0) is 11.7. The summed E-state index contributed by atoms with van der Waals surface area (Å²) in [6.45, 7) is 2.00. The molecule has 0 aliphatic carbocycles. The van der Waals surface area contributed by atoms with E-state index in [0.29, 0.717) is 15.9 Å². The van der Waals surface area contributed by atoms with Crippen molar-refractivity contribution >= 4 is 34.4 Å². The number of rotatable bonds is 1.